The number of hydrogen-bond acceptors (Lipinski definition) is 5. The second-order valence-corrected chi connectivity index (χ2v) is 8.54. The van der Waals surface area contributed by atoms with Crippen molar-refractivity contribution in [2.45, 2.75) is 45.6 Å². The molecule has 0 unspecified atom stereocenters. The molecule has 1 heterocycles. The third-order valence-corrected chi connectivity index (χ3v) is 5.52. The lowest BCUT2D eigenvalue weighted by atomic mass is 10.1. The molecular formula is C25H25F3N2O6. The fraction of sp³-hybridized carbons (Fsp3) is 0.320. The van der Waals surface area contributed by atoms with Gasteiger partial charge < -0.3 is 14.6 Å². The summed E-state index contributed by atoms with van der Waals surface area (Å²) in [7, 11) is 0.938. The molecule has 36 heavy (non-hydrogen) atoms. The van der Waals surface area contributed by atoms with Gasteiger partial charge >= 0.3 is 17.8 Å². The quantitative estimate of drug-likeness (QED) is 0.497. The van der Waals surface area contributed by atoms with Crippen LogP contribution in [0.1, 0.15) is 37.6 Å². The van der Waals surface area contributed by atoms with Gasteiger partial charge in [0.1, 0.15) is 23.8 Å². The fourth-order valence-electron chi connectivity index (χ4n) is 3.34. The number of nitrogens with zero attached hydrogens (tertiary/aromatic N) is 2. The highest BCUT2D eigenvalue weighted by atomic mass is 19.4. The summed E-state index contributed by atoms with van der Waals surface area (Å²) < 4.78 is 51.7. The summed E-state index contributed by atoms with van der Waals surface area (Å²) in [6.45, 7) is 4.85. The van der Waals surface area contributed by atoms with Crippen LogP contribution in [0.3, 0.4) is 0 Å². The second-order valence-electron chi connectivity index (χ2n) is 8.54. The first kappa shape index (κ1) is 26.6. The molecule has 0 atom stereocenters. The summed E-state index contributed by atoms with van der Waals surface area (Å²) in [4.78, 5) is 36.2. The topological polar surface area (TPSA) is 99.8 Å². The van der Waals surface area contributed by atoms with E-state index < -0.39 is 34.7 Å². The van der Waals surface area contributed by atoms with E-state index in [0.29, 0.717) is 32.3 Å². The van der Waals surface area contributed by atoms with Crippen LogP contribution in [0.15, 0.2) is 58.1 Å². The van der Waals surface area contributed by atoms with E-state index in [1.165, 1.54) is 38.1 Å². The number of carboxylic acid groups (broad SMARTS) is 1. The van der Waals surface area contributed by atoms with Crippen molar-refractivity contribution >= 4 is 5.97 Å². The Kier molecular flexibility index (Phi) is 7.33. The number of ether oxygens (including phenoxy) is 2. The molecule has 11 heteroatoms. The zero-order chi connectivity index (χ0) is 26.8. The maximum Gasteiger partial charge on any atom is 0.431 e. The number of aryl methyl sites for hydroxylation is 1. The molecule has 0 saturated heterocycles. The van der Waals surface area contributed by atoms with Crippen molar-refractivity contribution in [3.05, 3.63) is 86.2 Å². The van der Waals surface area contributed by atoms with Crippen molar-refractivity contribution in [2.24, 2.45) is 7.05 Å². The molecule has 0 aliphatic rings. The van der Waals surface area contributed by atoms with E-state index in [1.807, 2.05) is 13.0 Å². The Balaban J connectivity index is 1.85. The number of aromatic nitrogens is 2. The highest BCUT2D eigenvalue weighted by Crippen LogP contribution is 2.28. The predicted octanol–water partition coefficient (Wildman–Crippen LogP) is 3.94. The molecule has 3 rings (SSSR count). The van der Waals surface area contributed by atoms with Crippen LogP contribution in [0.5, 0.6) is 11.5 Å². The maximum absolute atomic E-state index is 13.1. The number of halogens is 3. The molecule has 1 N–H and O–H groups in total. The predicted molar refractivity (Wildman–Crippen MR) is 125 cm³/mol. The number of aliphatic carboxylic acids is 1. The van der Waals surface area contributed by atoms with Crippen LogP contribution in [-0.2, 0) is 31.0 Å². The Morgan fingerprint density at radius 1 is 1.03 bits per heavy atom. The van der Waals surface area contributed by atoms with Crippen molar-refractivity contribution in [1.82, 2.24) is 9.13 Å². The molecular weight excluding hydrogens is 481 g/mol. The van der Waals surface area contributed by atoms with Crippen LogP contribution in [-0.4, -0.2) is 25.8 Å². The lowest BCUT2D eigenvalue weighted by molar-refractivity contribution is -0.152. The van der Waals surface area contributed by atoms with Crippen LogP contribution in [0, 0.1) is 0 Å². The first-order valence-electron chi connectivity index (χ1n) is 10.9. The van der Waals surface area contributed by atoms with E-state index in [4.69, 9.17) is 9.47 Å². The monoisotopic (exact) mass is 506 g/mol. The molecule has 192 valence electrons. The molecule has 0 bridgehead atoms. The Morgan fingerprint density at radius 2 is 1.67 bits per heavy atom. The average molecular weight is 506 g/mol. The van der Waals surface area contributed by atoms with Gasteiger partial charge in [0, 0.05) is 18.7 Å². The van der Waals surface area contributed by atoms with E-state index >= 15 is 0 Å². The third-order valence-electron chi connectivity index (χ3n) is 5.52. The number of carboxylic acids is 1. The first-order chi connectivity index (χ1) is 16.7. The minimum absolute atomic E-state index is 0.0242. The normalized spacial score (nSPS) is 11.9. The molecule has 8 nitrogen and oxygen atoms in total. The van der Waals surface area contributed by atoms with E-state index in [1.54, 1.807) is 12.1 Å². The lowest BCUT2D eigenvalue weighted by Gasteiger charge is -2.24. The van der Waals surface area contributed by atoms with Crippen LogP contribution < -0.4 is 20.7 Å². The van der Waals surface area contributed by atoms with Gasteiger partial charge in [-0.2, -0.15) is 13.2 Å². The highest BCUT2D eigenvalue weighted by Gasteiger charge is 2.35. The van der Waals surface area contributed by atoms with Crippen molar-refractivity contribution in [3.63, 3.8) is 0 Å². The van der Waals surface area contributed by atoms with Gasteiger partial charge in [-0.25, -0.2) is 14.2 Å². The molecule has 0 fully saturated rings. The smallest absolute Gasteiger partial charge is 0.431 e. The van der Waals surface area contributed by atoms with E-state index in [9.17, 15) is 32.7 Å². The van der Waals surface area contributed by atoms with Gasteiger partial charge in [0.25, 0.3) is 5.56 Å². The van der Waals surface area contributed by atoms with Gasteiger partial charge in [-0.3, -0.25) is 9.36 Å². The van der Waals surface area contributed by atoms with E-state index in [-0.39, 0.29) is 12.3 Å². The molecule has 0 aliphatic heterocycles. The highest BCUT2D eigenvalue weighted by molar-refractivity contribution is 5.76. The minimum atomic E-state index is -4.85. The van der Waals surface area contributed by atoms with E-state index in [0.717, 1.165) is 19.0 Å². The van der Waals surface area contributed by atoms with Crippen molar-refractivity contribution < 1.29 is 32.5 Å². The van der Waals surface area contributed by atoms with Crippen LogP contribution >= 0.6 is 0 Å². The number of rotatable bonds is 8. The summed E-state index contributed by atoms with van der Waals surface area (Å²) in [5.41, 5.74) is -3.45. The van der Waals surface area contributed by atoms with Gasteiger partial charge in [-0.15, -0.1) is 0 Å². The van der Waals surface area contributed by atoms with Gasteiger partial charge in [-0.1, -0.05) is 19.1 Å². The molecule has 0 amide bonds. The summed E-state index contributed by atoms with van der Waals surface area (Å²) in [5, 5.41) is 9.40. The largest absolute Gasteiger partial charge is 0.489 e. The van der Waals surface area contributed by atoms with Gasteiger partial charge in [-0.05, 0) is 56.2 Å². The van der Waals surface area contributed by atoms with Gasteiger partial charge in [0.05, 0.1) is 5.69 Å². The number of hydrogen-bond donors (Lipinski definition) is 1. The summed E-state index contributed by atoms with van der Waals surface area (Å²) in [6.07, 6.45) is -4.13. The zero-order valence-electron chi connectivity index (χ0n) is 20.0. The van der Waals surface area contributed by atoms with Gasteiger partial charge in [0.2, 0.25) is 0 Å². The minimum Gasteiger partial charge on any atom is -0.489 e. The number of benzene rings is 2. The third kappa shape index (κ3) is 5.61. The van der Waals surface area contributed by atoms with Gasteiger partial charge in [0.15, 0.2) is 5.60 Å². The molecule has 0 aliphatic carbocycles. The standard InChI is InChI=1S/C25H25F3N2O6/c1-5-15-6-7-16(19(12-15)36-24(2,3)22(32)33)14-35-18-10-8-17(9-11-18)30-21(31)13-20(25(26,27)28)29(4)23(30)34/h6-13H,5,14H2,1-4H3,(H,32,33). The SMILES string of the molecule is CCc1ccc(COc2ccc(-n3c(=O)cc(C(F)(F)F)n(C)c3=O)cc2)c(OC(C)(C)C(=O)O)c1. The summed E-state index contributed by atoms with van der Waals surface area (Å²) in [6, 6.07) is 11.4. The zero-order valence-corrected chi connectivity index (χ0v) is 20.0. The average Bonchev–Trinajstić information content (AvgIpc) is 2.80. The van der Waals surface area contributed by atoms with Crippen LogP contribution in [0.2, 0.25) is 0 Å². The lowest BCUT2D eigenvalue weighted by Crippen LogP contribution is -2.40. The Bertz CT molecular complexity index is 1390. The molecule has 0 spiro atoms. The molecule has 1 aromatic heterocycles. The molecule has 3 aromatic rings. The summed E-state index contributed by atoms with van der Waals surface area (Å²) in [5.74, 6) is -0.423. The second kappa shape index (κ2) is 9.92. The number of alkyl halides is 3. The summed E-state index contributed by atoms with van der Waals surface area (Å²) >= 11 is 0. The Labute approximate surface area is 204 Å². The fourth-order valence-corrected chi connectivity index (χ4v) is 3.34. The number of carbonyl (C=O) groups is 1. The molecule has 2 aromatic carbocycles. The first-order valence-corrected chi connectivity index (χ1v) is 10.9. The Morgan fingerprint density at radius 3 is 2.22 bits per heavy atom. The Hall–Kier alpha value is -4.02. The van der Waals surface area contributed by atoms with E-state index in [2.05, 4.69) is 0 Å². The molecule has 0 saturated carbocycles. The van der Waals surface area contributed by atoms with Crippen LogP contribution in [0.25, 0.3) is 5.69 Å². The maximum atomic E-state index is 13.1. The van der Waals surface area contributed by atoms with Crippen molar-refractivity contribution in [1.29, 1.82) is 0 Å². The molecule has 0 radical (unpaired) electrons. The van der Waals surface area contributed by atoms with Crippen LogP contribution in [0.4, 0.5) is 13.2 Å². The van der Waals surface area contributed by atoms with Crippen molar-refractivity contribution in [2.75, 3.05) is 0 Å². The van der Waals surface area contributed by atoms with Crippen molar-refractivity contribution in [3.8, 4) is 17.2 Å².